The predicted molar refractivity (Wildman–Crippen MR) is 109 cm³/mol. The number of aliphatic hydroxyl groups is 1. The number of rotatable bonds is 3. The molecule has 1 radical (unpaired) electrons. The summed E-state index contributed by atoms with van der Waals surface area (Å²) in [4.78, 5) is 14.8. The van der Waals surface area contributed by atoms with Crippen LogP contribution in [0.2, 0.25) is 0 Å². The quantitative estimate of drug-likeness (QED) is 0.269. The molecule has 0 saturated heterocycles. The number of benzene rings is 2. The van der Waals surface area contributed by atoms with Gasteiger partial charge in [-0.2, -0.15) is 0 Å². The third-order valence-corrected chi connectivity index (χ3v) is 3.84. The van der Waals surface area contributed by atoms with Gasteiger partial charge in [0, 0.05) is 31.6 Å². The van der Waals surface area contributed by atoms with Gasteiger partial charge in [-0.25, -0.2) is 0 Å². The maximum atomic E-state index is 10.0. The van der Waals surface area contributed by atoms with Crippen LogP contribution in [-0.4, -0.2) is 23.0 Å². The molecule has 1 heterocycles. The summed E-state index contributed by atoms with van der Waals surface area (Å²) in [6, 6.07) is 17.5. The Morgan fingerprint density at radius 3 is 2.39 bits per heavy atom. The van der Waals surface area contributed by atoms with E-state index in [2.05, 4.69) is 32.0 Å². The normalized spacial score (nSPS) is 10.5. The fourth-order valence-electron chi connectivity index (χ4n) is 2.67. The Bertz CT molecular complexity index is 992. The Hall–Kier alpha value is -2.49. The molecular formula is C23H24IrNO3-. The second-order valence-corrected chi connectivity index (χ2v) is 6.39. The number of carbonyl (C=O) groups excluding carboxylic acids is 1. The fraction of sp³-hybridized carbons (Fsp3) is 0.217. The van der Waals surface area contributed by atoms with E-state index in [4.69, 9.17) is 14.8 Å². The van der Waals surface area contributed by atoms with Gasteiger partial charge in [0.2, 0.25) is 0 Å². The summed E-state index contributed by atoms with van der Waals surface area (Å²) in [7, 11) is 1.68. The van der Waals surface area contributed by atoms with Crippen LogP contribution in [0.1, 0.15) is 25.0 Å². The van der Waals surface area contributed by atoms with Crippen molar-refractivity contribution in [3.63, 3.8) is 0 Å². The van der Waals surface area contributed by atoms with Crippen LogP contribution in [0.5, 0.6) is 5.75 Å². The standard InChI is InChI=1S/C18H16NO.C5H8O2.Ir/c1-12-5-4-6-14(9-12)18-13(2)10-15-11-16(20-3)7-8-17(15)19-18;1-4(6)3-5(2)7;/h4-5,7-11H,1-3H3;3,6H,1-2H3;/q-1;;/b;4-3-;. The first-order chi connectivity index (χ1) is 12.8. The van der Waals surface area contributed by atoms with Crippen molar-refractivity contribution in [2.24, 2.45) is 0 Å². The molecule has 1 N–H and O–H groups in total. The number of hydrogen-bond donors (Lipinski definition) is 1. The fourth-order valence-corrected chi connectivity index (χ4v) is 2.67. The van der Waals surface area contributed by atoms with E-state index in [0.29, 0.717) is 0 Å². The first kappa shape index (κ1) is 23.5. The van der Waals surface area contributed by atoms with Crippen molar-refractivity contribution >= 4 is 16.7 Å². The summed E-state index contributed by atoms with van der Waals surface area (Å²) in [6.45, 7) is 7.01. The molecule has 0 atom stereocenters. The molecule has 3 rings (SSSR count). The van der Waals surface area contributed by atoms with Crippen molar-refractivity contribution in [2.75, 3.05) is 7.11 Å². The molecule has 0 aliphatic rings. The van der Waals surface area contributed by atoms with Gasteiger partial charge in [-0.05, 0) is 44.7 Å². The van der Waals surface area contributed by atoms with Crippen LogP contribution in [0.15, 0.2) is 54.3 Å². The van der Waals surface area contributed by atoms with Crippen LogP contribution in [0, 0.1) is 19.9 Å². The van der Waals surface area contributed by atoms with Crippen molar-refractivity contribution in [3.05, 3.63) is 71.5 Å². The molecule has 2 aromatic carbocycles. The number of pyridine rings is 1. The number of aryl methyl sites for hydroxylation is 2. The van der Waals surface area contributed by atoms with E-state index >= 15 is 0 Å². The second-order valence-electron chi connectivity index (χ2n) is 6.39. The van der Waals surface area contributed by atoms with Crippen LogP contribution in [0.25, 0.3) is 22.2 Å². The molecule has 149 valence electrons. The minimum absolute atomic E-state index is 0. The Kier molecular flexibility index (Phi) is 9.04. The summed E-state index contributed by atoms with van der Waals surface area (Å²) in [6.07, 6.45) is 1.17. The van der Waals surface area contributed by atoms with Gasteiger partial charge in [0.15, 0.2) is 5.78 Å². The molecule has 0 amide bonds. The van der Waals surface area contributed by atoms with Gasteiger partial charge in [-0.1, -0.05) is 18.6 Å². The zero-order chi connectivity index (χ0) is 20.0. The van der Waals surface area contributed by atoms with Gasteiger partial charge in [0.05, 0.1) is 18.4 Å². The smallest absolute Gasteiger partial charge is 0.155 e. The van der Waals surface area contributed by atoms with E-state index < -0.39 is 0 Å². The van der Waals surface area contributed by atoms with Crippen molar-refractivity contribution in [1.82, 2.24) is 4.98 Å². The van der Waals surface area contributed by atoms with Gasteiger partial charge >= 0.3 is 0 Å². The van der Waals surface area contributed by atoms with Gasteiger partial charge in [0.25, 0.3) is 0 Å². The largest absolute Gasteiger partial charge is 0.512 e. The number of methoxy groups -OCH3 is 1. The summed E-state index contributed by atoms with van der Waals surface area (Å²) in [5.41, 5.74) is 5.37. The summed E-state index contributed by atoms with van der Waals surface area (Å²) < 4.78 is 5.26. The zero-order valence-electron chi connectivity index (χ0n) is 16.7. The van der Waals surface area contributed by atoms with E-state index in [1.54, 1.807) is 7.11 Å². The van der Waals surface area contributed by atoms with Crippen molar-refractivity contribution < 1.29 is 34.7 Å². The maximum absolute atomic E-state index is 10.0. The van der Waals surface area contributed by atoms with Crippen molar-refractivity contribution in [1.29, 1.82) is 0 Å². The number of allylic oxidation sites excluding steroid dienone is 2. The minimum Gasteiger partial charge on any atom is -0.512 e. The number of fused-ring (bicyclic) bond motifs is 1. The number of nitrogens with zero attached hydrogens (tertiary/aromatic N) is 1. The molecule has 0 unspecified atom stereocenters. The monoisotopic (exact) mass is 555 g/mol. The average Bonchev–Trinajstić information content (AvgIpc) is 2.60. The van der Waals surface area contributed by atoms with Crippen LogP contribution < -0.4 is 4.74 Å². The summed E-state index contributed by atoms with van der Waals surface area (Å²) in [5.74, 6) is 0.793. The molecule has 0 spiro atoms. The van der Waals surface area contributed by atoms with Crippen LogP contribution in [0.3, 0.4) is 0 Å². The SMILES string of the molecule is CC(=O)/C=C(/C)O.COc1ccc2nc(-c3[c-]ccc(C)c3)c(C)cc2c1.[Ir]. The topological polar surface area (TPSA) is 59.4 Å². The number of aromatic nitrogens is 1. The first-order valence-electron chi connectivity index (χ1n) is 8.62. The number of ketones is 1. The van der Waals surface area contributed by atoms with Crippen LogP contribution in [0.4, 0.5) is 0 Å². The zero-order valence-corrected chi connectivity index (χ0v) is 19.1. The number of aliphatic hydroxyl groups excluding tert-OH is 1. The van der Waals surface area contributed by atoms with E-state index in [9.17, 15) is 4.79 Å². The molecule has 28 heavy (non-hydrogen) atoms. The predicted octanol–water partition coefficient (Wildman–Crippen LogP) is 5.36. The molecule has 1 aromatic heterocycles. The first-order valence-corrected chi connectivity index (χ1v) is 8.62. The molecule has 3 aromatic rings. The third-order valence-electron chi connectivity index (χ3n) is 3.84. The van der Waals surface area contributed by atoms with E-state index in [1.165, 1.54) is 25.5 Å². The minimum atomic E-state index is -0.125. The Balaban J connectivity index is 0.000000425. The van der Waals surface area contributed by atoms with Crippen LogP contribution >= 0.6 is 0 Å². The van der Waals surface area contributed by atoms with E-state index in [-0.39, 0.29) is 31.6 Å². The molecule has 5 heteroatoms. The average molecular weight is 555 g/mol. The van der Waals surface area contributed by atoms with Gasteiger partial charge in [0.1, 0.15) is 5.75 Å². The second kappa shape index (κ2) is 10.7. The molecule has 0 aliphatic carbocycles. The third kappa shape index (κ3) is 6.59. The van der Waals surface area contributed by atoms with Crippen molar-refractivity contribution in [3.8, 4) is 17.0 Å². The maximum Gasteiger partial charge on any atom is 0.155 e. The molecule has 0 fully saturated rings. The Morgan fingerprint density at radius 1 is 1.14 bits per heavy atom. The number of ether oxygens (including phenoxy) is 1. The molecule has 0 saturated carbocycles. The molecule has 4 nitrogen and oxygen atoms in total. The van der Waals surface area contributed by atoms with E-state index in [0.717, 1.165) is 33.5 Å². The summed E-state index contributed by atoms with van der Waals surface area (Å²) >= 11 is 0. The van der Waals surface area contributed by atoms with E-state index in [1.807, 2.05) is 30.3 Å². The Labute approximate surface area is 179 Å². The molecule has 0 aliphatic heterocycles. The Morgan fingerprint density at radius 2 is 1.86 bits per heavy atom. The van der Waals surface area contributed by atoms with Gasteiger partial charge < -0.3 is 9.84 Å². The summed E-state index contributed by atoms with van der Waals surface area (Å²) in [5, 5.41) is 9.46. The van der Waals surface area contributed by atoms with Gasteiger partial charge in [-0.3, -0.25) is 9.78 Å². The number of carbonyl (C=O) groups is 1. The van der Waals surface area contributed by atoms with Crippen molar-refractivity contribution in [2.45, 2.75) is 27.7 Å². The molecular weight excluding hydrogens is 530 g/mol. The van der Waals surface area contributed by atoms with Crippen LogP contribution in [-0.2, 0) is 24.9 Å². The van der Waals surface area contributed by atoms with Gasteiger partial charge in [-0.15, -0.1) is 35.4 Å². The number of hydrogen-bond acceptors (Lipinski definition) is 4. The molecule has 0 bridgehead atoms.